The predicted molar refractivity (Wildman–Crippen MR) is 98.5 cm³/mol. The van der Waals surface area contributed by atoms with Gasteiger partial charge in [-0.3, -0.25) is 9.78 Å². The number of hydrogen-bond donors (Lipinski definition) is 1. The molecule has 0 radical (unpaired) electrons. The van der Waals surface area contributed by atoms with Gasteiger partial charge in [0.25, 0.3) is 0 Å². The van der Waals surface area contributed by atoms with Gasteiger partial charge in [0.1, 0.15) is 0 Å². The summed E-state index contributed by atoms with van der Waals surface area (Å²) in [5.41, 5.74) is 4.19. The van der Waals surface area contributed by atoms with Crippen LogP contribution in [0.5, 0.6) is 0 Å². The topological polar surface area (TPSA) is 45.2 Å². The average molecular weight is 344 g/mol. The highest BCUT2D eigenvalue weighted by molar-refractivity contribution is 6.31. The molecular formula is C19H22ClN3O. The normalized spacial score (nSPS) is 15.4. The van der Waals surface area contributed by atoms with Crippen LogP contribution < -0.4 is 10.2 Å². The number of nitrogens with zero attached hydrogens (tertiary/aromatic N) is 2. The molecule has 1 amide bonds. The highest BCUT2D eigenvalue weighted by Gasteiger charge is 2.20. The number of carbonyl (C=O) groups is 1. The molecule has 1 saturated heterocycles. The van der Waals surface area contributed by atoms with Gasteiger partial charge in [0.05, 0.1) is 5.69 Å². The highest BCUT2D eigenvalue weighted by Crippen LogP contribution is 2.27. The lowest BCUT2D eigenvalue weighted by Gasteiger charge is -2.33. The van der Waals surface area contributed by atoms with E-state index in [0.717, 1.165) is 53.5 Å². The second-order valence-corrected chi connectivity index (χ2v) is 6.73. The summed E-state index contributed by atoms with van der Waals surface area (Å²) in [7, 11) is 0. The number of hydrogen-bond acceptors (Lipinski definition) is 3. The molecule has 1 aliphatic heterocycles. The molecular weight excluding hydrogens is 322 g/mol. The van der Waals surface area contributed by atoms with Gasteiger partial charge in [-0.05, 0) is 43.5 Å². The maximum atomic E-state index is 11.2. The third kappa shape index (κ3) is 3.88. The van der Waals surface area contributed by atoms with Gasteiger partial charge in [0, 0.05) is 48.5 Å². The van der Waals surface area contributed by atoms with E-state index in [0.29, 0.717) is 0 Å². The van der Waals surface area contributed by atoms with Crippen molar-refractivity contribution in [3.63, 3.8) is 0 Å². The van der Waals surface area contributed by atoms with E-state index in [2.05, 4.69) is 27.3 Å². The van der Waals surface area contributed by atoms with Crippen LogP contribution in [0.4, 0.5) is 5.69 Å². The molecule has 0 atom stereocenters. The minimum Gasteiger partial charge on any atom is -0.371 e. The van der Waals surface area contributed by atoms with E-state index in [4.69, 9.17) is 11.6 Å². The Kier molecular flexibility index (Phi) is 5.05. The van der Waals surface area contributed by atoms with Gasteiger partial charge in [-0.25, -0.2) is 0 Å². The molecule has 24 heavy (non-hydrogen) atoms. The van der Waals surface area contributed by atoms with Crippen LogP contribution in [0.1, 0.15) is 25.3 Å². The van der Waals surface area contributed by atoms with Crippen molar-refractivity contribution in [2.45, 2.75) is 32.7 Å². The number of nitrogens with one attached hydrogen (secondary N) is 1. The molecule has 126 valence electrons. The fourth-order valence-electron chi connectivity index (χ4n) is 3.10. The van der Waals surface area contributed by atoms with Crippen molar-refractivity contribution in [1.82, 2.24) is 10.3 Å². The maximum Gasteiger partial charge on any atom is 0.217 e. The Morgan fingerprint density at radius 1 is 1.25 bits per heavy atom. The Labute approximate surface area is 147 Å². The van der Waals surface area contributed by atoms with Gasteiger partial charge in [0.15, 0.2) is 0 Å². The molecule has 0 unspecified atom stereocenters. The van der Waals surface area contributed by atoms with Gasteiger partial charge in [-0.1, -0.05) is 23.7 Å². The Morgan fingerprint density at radius 2 is 2.00 bits per heavy atom. The minimum absolute atomic E-state index is 0.0518. The molecule has 3 rings (SSSR count). The summed E-state index contributed by atoms with van der Waals surface area (Å²) in [6.45, 7) is 5.44. The van der Waals surface area contributed by atoms with Crippen molar-refractivity contribution in [1.29, 1.82) is 0 Å². The minimum atomic E-state index is 0.0518. The number of aryl methyl sites for hydroxylation is 1. The van der Waals surface area contributed by atoms with Crippen LogP contribution in [0.3, 0.4) is 0 Å². The molecule has 0 bridgehead atoms. The summed E-state index contributed by atoms with van der Waals surface area (Å²) < 4.78 is 0. The molecule has 1 aromatic heterocycles. The summed E-state index contributed by atoms with van der Waals surface area (Å²) in [4.78, 5) is 18.0. The molecule has 1 N–H and O–H groups in total. The number of benzene rings is 1. The molecule has 5 heteroatoms. The number of anilines is 1. The Hall–Kier alpha value is -2.07. The molecule has 4 nitrogen and oxygen atoms in total. The Morgan fingerprint density at radius 3 is 2.67 bits per heavy atom. The predicted octanol–water partition coefficient (Wildman–Crippen LogP) is 3.82. The van der Waals surface area contributed by atoms with E-state index in [1.807, 2.05) is 31.3 Å². The lowest BCUT2D eigenvalue weighted by molar-refractivity contribution is -0.119. The van der Waals surface area contributed by atoms with Crippen molar-refractivity contribution in [3.8, 4) is 11.3 Å². The van der Waals surface area contributed by atoms with Crippen molar-refractivity contribution in [3.05, 3.63) is 47.1 Å². The zero-order valence-corrected chi connectivity index (χ0v) is 14.8. The number of halogens is 1. The lowest BCUT2D eigenvalue weighted by atomic mass is 10.0. The summed E-state index contributed by atoms with van der Waals surface area (Å²) in [6, 6.07) is 10.5. The first-order valence-corrected chi connectivity index (χ1v) is 8.65. The fourth-order valence-corrected chi connectivity index (χ4v) is 3.28. The largest absolute Gasteiger partial charge is 0.371 e. The van der Waals surface area contributed by atoms with Crippen molar-refractivity contribution < 1.29 is 4.79 Å². The molecule has 0 aliphatic carbocycles. The molecule has 1 fully saturated rings. The van der Waals surface area contributed by atoms with Crippen LogP contribution in [0.25, 0.3) is 11.3 Å². The molecule has 1 aromatic carbocycles. The zero-order chi connectivity index (χ0) is 17.1. The first-order valence-electron chi connectivity index (χ1n) is 8.27. The van der Waals surface area contributed by atoms with E-state index in [1.54, 1.807) is 6.92 Å². The van der Waals surface area contributed by atoms with E-state index >= 15 is 0 Å². The third-order valence-corrected chi connectivity index (χ3v) is 4.89. The molecule has 0 spiro atoms. The first kappa shape index (κ1) is 16.8. The lowest BCUT2D eigenvalue weighted by Crippen LogP contribution is -2.44. The smallest absolute Gasteiger partial charge is 0.217 e. The molecule has 2 heterocycles. The van der Waals surface area contributed by atoms with Crippen LogP contribution >= 0.6 is 11.6 Å². The van der Waals surface area contributed by atoms with Gasteiger partial charge < -0.3 is 10.2 Å². The molecule has 1 aliphatic rings. The highest BCUT2D eigenvalue weighted by atomic mass is 35.5. The van der Waals surface area contributed by atoms with Gasteiger partial charge in [-0.2, -0.15) is 0 Å². The van der Waals surface area contributed by atoms with Crippen molar-refractivity contribution in [2.75, 3.05) is 18.0 Å². The number of rotatable bonds is 3. The van der Waals surface area contributed by atoms with Gasteiger partial charge in [-0.15, -0.1) is 0 Å². The van der Waals surface area contributed by atoms with Crippen LogP contribution in [-0.4, -0.2) is 30.0 Å². The van der Waals surface area contributed by atoms with E-state index in [9.17, 15) is 4.79 Å². The second-order valence-electron chi connectivity index (χ2n) is 6.33. The number of pyridine rings is 1. The van der Waals surface area contributed by atoms with E-state index in [-0.39, 0.29) is 11.9 Å². The van der Waals surface area contributed by atoms with E-state index < -0.39 is 0 Å². The Bertz CT molecular complexity index is 739. The second kappa shape index (κ2) is 7.22. The molecule has 0 saturated carbocycles. The fraction of sp³-hybridized carbons (Fsp3) is 0.368. The standard InChI is InChI=1S/C19H22ClN3O/c1-13-3-4-15(11-18(13)20)19-12-17(5-8-21-19)23-9-6-16(7-10-23)22-14(2)24/h3-5,8,11-12,16H,6-7,9-10H2,1-2H3,(H,22,24). The summed E-state index contributed by atoms with van der Waals surface area (Å²) in [5, 5.41) is 3.77. The van der Waals surface area contributed by atoms with Crippen LogP contribution in [0.2, 0.25) is 5.02 Å². The monoisotopic (exact) mass is 343 g/mol. The summed E-state index contributed by atoms with van der Waals surface area (Å²) in [6.07, 6.45) is 3.78. The summed E-state index contributed by atoms with van der Waals surface area (Å²) >= 11 is 6.24. The Balaban J connectivity index is 1.74. The van der Waals surface area contributed by atoms with Crippen LogP contribution in [-0.2, 0) is 4.79 Å². The van der Waals surface area contributed by atoms with Crippen molar-refractivity contribution in [2.24, 2.45) is 0 Å². The first-order chi connectivity index (χ1) is 11.5. The average Bonchev–Trinajstić information content (AvgIpc) is 2.58. The summed E-state index contributed by atoms with van der Waals surface area (Å²) in [5.74, 6) is 0.0518. The van der Waals surface area contributed by atoms with Crippen LogP contribution in [0.15, 0.2) is 36.5 Å². The number of amides is 1. The quantitative estimate of drug-likeness (QED) is 0.921. The maximum absolute atomic E-state index is 11.2. The number of piperidine rings is 1. The SMILES string of the molecule is CC(=O)NC1CCN(c2ccnc(-c3ccc(C)c(Cl)c3)c2)CC1. The van der Waals surface area contributed by atoms with Gasteiger partial charge >= 0.3 is 0 Å². The zero-order valence-electron chi connectivity index (χ0n) is 14.1. The van der Waals surface area contributed by atoms with Gasteiger partial charge in [0.2, 0.25) is 5.91 Å². The van der Waals surface area contributed by atoms with Crippen molar-refractivity contribution >= 4 is 23.2 Å². The number of aromatic nitrogens is 1. The van der Waals surface area contributed by atoms with E-state index in [1.165, 1.54) is 0 Å². The van der Waals surface area contributed by atoms with Crippen LogP contribution in [0, 0.1) is 6.92 Å². The number of carbonyl (C=O) groups excluding carboxylic acids is 1. The third-order valence-electron chi connectivity index (χ3n) is 4.48. The molecule has 2 aromatic rings.